The van der Waals surface area contributed by atoms with Crippen molar-refractivity contribution in [1.29, 1.82) is 5.26 Å². The van der Waals surface area contributed by atoms with Crippen molar-refractivity contribution < 1.29 is 18.0 Å². The van der Waals surface area contributed by atoms with Crippen molar-refractivity contribution in [2.45, 2.75) is 38.3 Å². The zero-order chi connectivity index (χ0) is 22.7. The number of amides is 1. The number of halogens is 3. The van der Waals surface area contributed by atoms with Crippen molar-refractivity contribution in [1.82, 2.24) is 15.5 Å². The molecule has 0 radical (unpaired) electrons. The molecule has 1 aliphatic carbocycles. The van der Waals surface area contributed by atoms with Crippen LogP contribution < -0.4 is 10.2 Å². The molecule has 0 unspecified atom stereocenters. The Morgan fingerprint density at radius 2 is 1.94 bits per heavy atom. The Morgan fingerprint density at radius 1 is 1.22 bits per heavy atom. The zero-order valence-electron chi connectivity index (χ0n) is 17.3. The average Bonchev–Trinajstić information content (AvgIpc) is 3.47. The molecule has 1 amide bonds. The van der Waals surface area contributed by atoms with E-state index >= 15 is 0 Å². The molecule has 2 aromatic rings. The van der Waals surface area contributed by atoms with Gasteiger partial charge in [-0.15, -0.1) is 10.2 Å². The maximum atomic E-state index is 13.4. The Labute approximate surface area is 187 Å². The van der Waals surface area contributed by atoms with E-state index in [0.29, 0.717) is 48.2 Å². The fourth-order valence-corrected chi connectivity index (χ4v) is 4.62. The van der Waals surface area contributed by atoms with E-state index in [1.807, 2.05) is 11.0 Å². The summed E-state index contributed by atoms with van der Waals surface area (Å²) >= 11 is 1.20. The lowest BCUT2D eigenvalue weighted by Crippen LogP contribution is -2.30. The molecule has 1 saturated carbocycles. The minimum atomic E-state index is -4.53. The monoisotopic (exact) mass is 461 g/mol. The normalized spacial score (nSPS) is 16.6. The highest BCUT2D eigenvalue weighted by Gasteiger charge is 2.34. The topological polar surface area (TPSA) is 81.9 Å². The van der Waals surface area contributed by atoms with Gasteiger partial charge in [0, 0.05) is 25.2 Å². The van der Waals surface area contributed by atoms with Crippen molar-refractivity contribution in [3.63, 3.8) is 0 Å². The molecule has 2 heterocycles. The van der Waals surface area contributed by atoms with Crippen LogP contribution in [0.4, 0.5) is 18.3 Å². The van der Waals surface area contributed by atoms with Crippen molar-refractivity contribution in [2.24, 2.45) is 5.92 Å². The summed E-state index contributed by atoms with van der Waals surface area (Å²) in [6.07, 6.45) is -0.187. The Hall–Kier alpha value is -2.93. The van der Waals surface area contributed by atoms with E-state index < -0.39 is 11.7 Å². The van der Waals surface area contributed by atoms with Crippen molar-refractivity contribution in [3.8, 4) is 6.07 Å². The number of allylic oxidation sites excluding steroid dienone is 1. The van der Waals surface area contributed by atoms with Crippen molar-refractivity contribution in [2.75, 3.05) is 24.5 Å². The summed E-state index contributed by atoms with van der Waals surface area (Å²) in [7, 11) is 0. The average molecular weight is 462 g/mol. The van der Waals surface area contributed by atoms with Crippen LogP contribution in [0.3, 0.4) is 0 Å². The van der Waals surface area contributed by atoms with E-state index in [-0.39, 0.29) is 17.0 Å². The molecule has 1 aromatic carbocycles. The Kier molecular flexibility index (Phi) is 6.46. The van der Waals surface area contributed by atoms with Crippen molar-refractivity contribution >= 4 is 27.9 Å². The first-order valence-corrected chi connectivity index (χ1v) is 11.3. The molecule has 0 atom stereocenters. The number of nitrogens with one attached hydrogen (secondary N) is 1. The molecule has 4 rings (SSSR count). The molecule has 2 aliphatic rings. The summed E-state index contributed by atoms with van der Waals surface area (Å²) in [5, 5.41) is 21.5. The first-order valence-electron chi connectivity index (χ1n) is 10.5. The Balaban J connectivity index is 1.42. The minimum Gasteiger partial charge on any atom is -0.350 e. The predicted octanol–water partition coefficient (Wildman–Crippen LogP) is 4.66. The fraction of sp³-hybridized carbons (Fsp3) is 0.455. The lowest BCUT2D eigenvalue weighted by atomic mass is 9.91. The Bertz CT molecular complexity index is 1060. The number of hydrogen-bond acceptors (Lipinski definition) is 6. The number of alkyl halides is 3. The highest BCUT2D eigenvalue weighted by atomic mass is 32.1. The van der Waals surface area contributed by atoms with Gasteiger partial charge in [-0.3, -0.25) is 4.79 Å². The molecule has 1 N–H and O–H groups in total. The van der Waals surface area contributed by atoms with Crippen LogP contribution in [0.15, 0.2) is 29.8 Å². The first-order chi connectivity index (χ1) is 15.4. The van der Waals surface area contributed by atoms with Gasteiger partial charge in [-0.05, 0) is 36.8 Å². The third-order valence-corrected chi connectivity index (χ3v) is 6.73. The smallest absolute Gasteiger partial charge is 0.350 e. The van der Waals surface area contributed by atoms with E-state index in [4.69, 9.17) is 0 Å². The van der Waals surface area contributed by atoms with Crippen LogP contribution in [0, 0.1) is 17.2 Å². The van der Waals surface area contributed by atoms with E-state index in [9.17, 15) is 23.2 Å². The second kappa shape index (κ2) is 9.28. The summed E-state index contributed by atoms with van der Waals surface area (Å²) in [5.74, 6) is 0.500. The Morgan fingerprint density at radius 3 is 2.59 bits per heavy atom. The first kappa shape index (κ1) is 22.3. The van der Waals surface area contributed by atoms with Crippen LogP contribution in [0.1, 0.15) is 53.0 Å². The summed E-state index contributed by atoms with van der Waals surface area (Å²) in [5.41, 5.74) is -0.0893. The minimum absolute atomic E-state index is 0.0768. The van der Waals surface area contributed by atoms with Gasteiger partial charge in [0.25, 0.3) is 5.91 Å². The fourth-order valence-electron chi connectivity index (χ4n) is 3.80. The summed E-state index contributed by atoms with van der Waals surface area (Å²) in [6, 6.07) is 7.17. The van der Waals surface area contributed by atoms with Gasteiger partial charge < -0.3 is 10.2 Å². The second-order valence-corrected chi connectivity index (χ2v) is 8.95. The molecule has 1 saturated heterocycles. The van der Waals surface area contributed by atoms with Gasteiger partial charge in [-0.1, -0.05) is 42.4 Å². The molecule has 1 aliphatic heterocycles. The second-order valence-electron chi connectivity index (χ2n) is 8.00. The largest absolute Gasteiger partial charge is 0.417 e. The van der Waals surface area contributed by atoms with Crippen LogP contribution in [0.2, 0.25) is 0 Å². The highest BCUT2D eigenvalue weighted by molar-refractivity contribution is 7.17. The standard InChI is InChI=1S/C22H22F3N5OS/c23-22(24,25)18-4-2-1-3-16(18)17(13-26)15-8-11-30(12-9-15)21-29-28-20(32-21)19(31)27-10-7-14-5-6-14/h1-4,14H,5-12H2,(H,27,31). The lowest BCUT2D eigenvalue weighted by molar-refractivity contribution is -0.137. The summed E-state index contributed by atoms with van der Waals surface area (Å²) in [4.78, 5) is 14.2. The maximum Gasteiger partial charge on any atom is 0.417 e. The number of nitrogens with zero attached hydrogens (tertiary/aromatic N) is 4. The number of carbonyl (C=O) groups excluding carboxylic acids is 1. The lowest BCUT2D eigenvalue weighted by Gasteiger charge is -2.28. The van der Waals surface area contributed by atoms with E-state index in [0.717, 1.165) is 18.4 Å². The van der Waals surface area contributed by atoms with Gasteiger partial charge in [0.15, 0.2) is 0 Å². The van der Waals surface area contributed by atoms with Gasteiger partial charge in [0.2, 0.25) is 10.1 Å². The number of nitriles is 1. The van der Waals surface area contributed by atoms with Crippen LogP contribution in [0.25, 0.3) is 5.57 Å². The molecule has 0 spiro atoms. The van der Waals surface area contributed by atoms with E-state index in [1.54, 1.807) is 0 Å². The van der Waals surface area contributed by atoms with Crippen molar-refractivity contribution in [3.05, 3.63) is 46.0 Å². The number of hydrogen-bond donors (Lipinski definition) is 1. The number of piperidine rings is 1. The van der Waals surface area contributed by atoms with Crippen LogP contribution in [-0.4, -0.2) is 35.7 Å². The van der Waals surface area contributed by atoms with Crippen LogP contribution in [0.5, 0.6) is 0 Å². The SMILES string of the molecule is N#CC(=C1CCN(c2nnc(C(=O)NCCC3CC3)s2)CC1)c1ccccc1C(F)(F)F. The van der Waals surface area contributed by atoms with Crippen LogP contribution >= 0.6 is 11.3 Å². The number of aromatic nitrogens is 2. The number of rotatable bonds is 6. The number of benzene rings is 1. The zero-order valence-corrected chi connectivity index (χ0v) is 18.1. The van der Waals surface area contributed by atoms with Gasteiger partial charge in [0.1, 0.15) is 0 Å². The van der Waals surface area contributed by atoms with E-state index in [1.165, 1.54) is 42.4 Å². The van der Waals surface area contributed by atoms with E-state index in [2.05, 4.69) is 15.5 Å². The molecule has 10 heteroatoms. The molecule has 168 valence electrons. The maximum absolute atomic E-state index is 13.4. The molecule has 2 fully saturated rings. The summed E-state index contributed by atoms with van der Waals surface area (Å²) < 4.78 is 40.2. The summed E-state index contributed by atoms with van der Waals surface area (Å²) in [6.45, 7) is 1.62. The number of anilines is 1. The predicted molar refractivity (Wildman–Crippen MR) is 115 cm³/mol. The molecular formula is C22H22F3N5OS. The van der Waals surface area contributed by atoms with Gasteiger partial charge in [0.05, 0.1) is 17.2 Å². The number of carbonyl (C=O) groups is 1. The van der Waals surface area contributed by atoms with Crippen LogP contribution in [-0.2, 0) is 6.18 Å². The molecule has 32 heavy (non-hydrogen) atoms. The third-order valence-electron chi connectivity index (χ3n) is 5.75. The molecule has 0 bridgehead atoms. The van der Waals surface area contributed by atoms with Gasteiger partial charge in [-0.2, -0.15) is 18.4 Å². The highest BCUT2D eigenvalue weighted by Crippen LogP contribution is 2.37. The molecular weight excluding hydrogens is 439 g/mol. The quantitative estimate of drug-likeness (QED) is 0.633. The van der Waals surface area contributed by atoms with Gasteiger partial charge in [-0.25, -0.2) is 0 Å². The third kappa shape index (κ3) is 5.10. The van der Waals surface area contributed by atoms with Gasteiger partial charge >= 0.3 is 6.18 Å². The molecule has 6 nitrogen and oxygen atoms in total. The molecule has 1 aromatic heterocycles.